The Balaban J connectivity index is 2.00. The summed E-state index contributed by atoms with van der Waals surface area (Å²) in [4.78, 5) is 34.3. The van der Waals surface area contributed by atoms with Crippen LogP contribution in [0.2, 0.25) is 0 Å². The van der Waals surface area contributed by atoms with Crippen molar-refractivity contribution in [3.05, 3.63) is 24.3 Å². The molecule has 0 bridgehead atoms. The van der Waals surface area contributed by atoms with Crippen molar-refractivity contribution in [2.24, 2.45) is 0 Å². The molecular weight excluding hydrogens is 364 g/mol. The molecule has 0 saturated carbocycles. The fourth-order valence-corrected chi connectivity index (χ4v) is 3.49. The summed E-state index contributed by atoms with van der Waals surface area (Å²) in [6, 6.07) is 5.52. The standard InChI is InChI=1S/C16H20N2O7S/c1-10-8-14(16(21)24-10)25-15(20)9-18(3)26(22,23)13-6-4-12(5-7-13)17-11(2)19/h4-7,10,14H,8-9H2,1-3H3,(H,17,19)/t10-,14+/m0/s1. The minimum absolute atomic E-state index is 0.0456. The zero-order valence-electron chi connectivity index (χ0n) is 14.6. The number of likely N-dealkylation sites (N-methyl/N-ethyl adjacent to an activating group) is 1. The van der Waals surface area contributed by atoms with E-state index in [0.29, 0.717) is 5.69 Å². The van der Waals surface area contributed by atoms with Gasteiger partial charge in [-0.1, -0.05) is 0 Å². The number of nitrogens with zero attached hydrogens (tertiary/aromatic N) is 1. The van der Waals surface area contributed by atoms with Gasteiger partial charge in [0.1, 0.15) is 12.6 Å². The molecule has 1 heterocycles. The third-order valence-electron chi connectivity index (χ3n) is 3.63. The molecule has 26 heavy (non-hydrogen) atoms. The molecule has 142 valence electrons. The van der Waals surface area contributed by atoms with Crippen molar-refractivity contribution in [2.75, 3.05) is 18.9 Å². The molecule has 10 heteroatoms. The van der Waals surface area contributed by atoms with Crippen LogP contribution in [0.5, 0.6) is 0 Å². The van der Waals surface area contributed by atoms with Crippen molar-refractivity contribution < 1.29 is 32.3 Å². The fraction of sp³-hybridized carbons (Fsp3) is 0.438. The number of amides is 1. The summed E-state index contributed by atoms with van der Waals surface area (Å²) in [5.74, 6) is -1.76. The van der Waals surface area contributed by atoms with Crippen molar-refractivity contribution in [2.45, 2.75) is 37.4 Å². The number of rotatable bonds is 6. The summed E-state index contributed by atoms with van der Waals surface area (Å²) in [5.41, 5.74) is 0.451. The number of benzene rings is 1. The second-order valence-electron chi connectivity index (χ2n) is 5.93. The van der Waals surface area contributed by atoms with Gasteiger partial charge in [-0.2, -0.15) is 4.31 Å². The second kappa shape index (κ2) is 7.83. The molecule has 2 rings (SSSR count). The lowest BCUT2D eigenvalue weighted by Crippen LogP contribution is -2.35. The van der Waals surface area contributed by atoms with E-state index in [9.17, 15) is 22.8 Å². The normalized spacial score (nSPS) is 19.9. The van der Waals surface area contributed by atoms with Crippen molar-refractivity contribution in [1.29, 1.82) is 0 Å². The highest BCUT2D eigenvalue weighted by Gasteiger charge is 2.35. The van der Waals surface area contributed by atoms with E-state index in [0.717, 1.165) is 4.31 Å². The van der Waals surface area contributed by atoms with Crippen LogP contribution in [0.4, 0.5) is 5.69 Å². The van der Waals surface area contributed by atoms with E-state index in [2.05, 4.69) is 5.32 Å². The van der Waals surface area contributed by atoms with Crippen LogP contribution in [-0.2, 0) is 33.9 Å². The van der Waals surface area contributed by atoms with Crippen LogP contribution in [0.15, 0.2) is 29.2 Å². The maximum Gasteiger partial charge on any atom is 0.347 e. The van der Waals surface area contributed by atoms with Gasteiger partial charge in [-0.25, -0.2) is 13.2 Å². The summed E-state index contributed by atoms with van der Waals surface area (Å²) < 4.78 is 35.7. The lowest BCUT2D eigenvalue weighted by Gasteiger charge is -2.17. The average molecular weight is 384 g/mol. The Kier molecular flexibility index (Phi) is 5.98. The number of hydrogen-bond donors (Lipinski definition) is 1. The lowest BCUT2D eigenvalue weighted by molar-refractivity contribution is -0.160. The van der Waals surface area contributed by atoms with Gasteiger partial charge in [0.25, 0.3) is 0 Å². The van der Waals surface area contributed by atoms with Gasteiger partial charge in [-0.15, -0.1) is 0 Å². The molecule has 1 aromatic carbocycles. The molecule has 1 amide bonds. The number of anilines is 1. The Morgan fingerprint density at radius 1 is 1.31 bits per heavy atom. The highest BCUT2D eigenvalue weighted by Crippen LogP contribution is 2.19. The Bertz CT molecular complexity index is 804. The fourth-order valence-electron chi connectivity index (χ4n) is 2.37. The van der Waals surface area contributed by atoms with Crippen LogP contribution >= 0.6 is 0 Å². The number of hydrogen-bond acceptors (Lipinski definition) is 7. The van der Waals surface area contributed by atoms with Gasteiger partial charge in [-0.3, -0.25) is 9.59 Å². The molecule has 0 aliphatic carbocycles. The van der Waals surface area contributed by atoms with E-state index in [4.69, 9.17) is 9.47 Å². The molecule has 1 aliphatic heterocycles. The number of carbonyl (C=O) groups is 3. The average Bonchev–Trinajstić information content (AvgIpc) is 2.84. The SMILES string of the molecule is CC(=O)Nc1ccc(S(=O)(=O)N(C)CC(=O)O[C@@H]2C[C@H](C)OC2=O)cc1. The largest absolute Gasteiger partial charge is 0.460 e. The zero-order chi connectivity index (χ0) is 19.5. The predicted octanol–water partition coefficient (Wildman–Crippen LogP) is 0.513. The molecule has 0 spiro atoms. The number of nitrogens with one attached hydrogen (secondary N) is 1. The molecule has 0 aromatic heterocycles. The highest BCUT2D eigenvalue weighted by molar-refractivity contribution is 7.89. The summed E-state index contributed by atoms with van der Waals surface area (Å²) in [6.45, 7) is 2.46. The minimum atomic E-state index is -3.93. The van der Waals surface area contributed by atoms with Crippen LogP contribution in [-0.4, -0.2) is 56.4 Å². The maximum absolute atomic E-state index is 12.5. The maximum atomic E-state index is 12.5. The Morgan fingerprint density at radius 3 is 2.42 bits per heavy atom. The molecule has 1 saturated heterocycles. The molecule has 1 aromatic rings. The molecule has 1 N–H and O–H groups in total. The minimum Gasteiger partial charge on any atom is -0.460 e. The number of cyclic esters (lactones) is 1. The summed E-state index contributed by atoms with van der Waals surface area (Å²) in [6.07, 6.45) is -1.11. The number of ether oxygens (including phenoxy) is 2. The van der Waals surface area contributed by atoms with E-state index < -0.39 is 34.6 Å². The smallest absolute Gasteiger partial charge is 0.347 e. The van der Waals surface area contributed by atoms with Gasteiger partial charge in [0, 0.05) is 26.1 Å². The summed E-state index contributed by atoms with van der Waals surface area (Å²) >= 11 is 0. The van der Waals surface area contributed by atoms with Gasteiger partial charge in [0.15, 0.2) is 0 Å². The number of carbonyl (C=O) groups excluding carboxylic acids is 3. The Labute approximate surface area is 151 Å². The van der Waals surface area contributed by atoms with Gasteiger partial charge >= 0.3 is 11.9 Å². The predicted molar refractivity (Wildman–Crippen MR) is 90.6 cm³/mol. The van der Waals surface area contributed by atoms with Crippen LogP contribution < -0.4 is 5.32 Å². The van der Waals surface area contributed by atoms with E-state index >= 15 is 0 Å². The van der Waals surface area contributed by atoms with Crippen molar-refractivity contribution in [1.82, 2.24) is 4.31 Å². The third kappa shape index (κ3) is 4.79. The molecule has 2 atom stereocenters. The molecule has 9 nitrogen and oxygen atoms in total. The van der Waals surface area contributed by atoms with Crippen molar-refractivity contribution in [3.63, 3.8) is 0 Å². The third-order valence-corrected chi connectivity index (χ3v) is 5.45. The van der Waals surface area contributed by atoms with Crippen LogP contribution in [0.3, 0.4) is 0 Å². The van der Waals surface area contributed by atoms with Crippen molar-refractivity contribution >= 4 is 33.6 Å². The van der Waals surface area contributed by atoms with Gasteiger partial charge < -0.3 is 14.8 Å². The first-order valence-corrected chi connectivity index (χ1v) is 9.27. The molecule has 0 unspecified atom stereocenters. The van der Waals surface area contributed by atoms with Gasteiger partial charge in [-0.05, 0) is 31.2 Å². The molecule has 0 radical (unpaired) electrons. The first-order chi connectivity index (χ1) is 12.1. The Morgan fingerprint density at radius 2 is 1.92 bits per heavy atom. The molecule has 1 aliphatic rings. The Hall–Kier alpha value is -2.46. The van der Waals surface area contributed by atoms with Crippen LogP contribution in [0, 0.1) is 0 Å². The first kappa shape index (κ1) is 19.9. The van der Waals surface area contributed by atoms with Crippen molar-refractivity contribution in [3.8, 4) is 0 Å². The van der Waals surface area contributed by atoms with Gasteiger partial charge in [0.05, 0.1) is 4.90 Å². The second-order valence-corrected chi connectivity index (χ2v) is 7.97. The van der Waals surface area contributed by atoms with E-state index in [1.54, 1.807) is 6.92 Å². The van der Waals surface area contributed by atoms with E-state index in [1.807, 2.05) is 0 Å². The van der Waals surface area contributed by atoms with Crippen LogP contribution in [0.25, 0.3) is 0 Å². The highest BCUT2D eigenvalue weighted by atomic mass is 32.2. The monoisotopic (exact) mass is 384 g/mol. The lowest BCUT2D eigenvalue weighted by atomic mass is 10.2. The first-order valence-electron chi connectivity index (χ1n) is 7.83. The number of esters is 2. The molecule has 1 fully saturated rings. The quantitative estimate of drug-likeness (QED) is 0.710. The van der Waals surface area contributed by atoms with Gasteiger partial charge in [0.2, 0.25) is 22.0 Å². The van der Waals surface area contributed by atoms with Crippen LogP contribution in [0.1, 0.15) is 20.3 Å². The topological polar surface area (TPSA) is 119 Å². The number of sulfonamides is 1. The summed E-state index contributed by atoms with van der Waals surface area (Å²) in [7, 11) is -2.70. The van der Waals surface area contributed by atoms with E-state index in [-0.39, 0.29) is 23.3 Å². The summed E-state index contributed by atoms with van der Waals surface area (Å²) in [5, 5.41) is 2.53. The van der Waals surface area contributed by atoms with E-state index in [1.165, 1.54) is 38.2 Å². The zero-order valence-corrected chi connectivity index (χ0v) is 15.4. The molecular formula is C16H20N2O7S.